The number of ether oxygens (including phenoxy) is 1. The van der Waals surface area contributed by atoms with Gasteiger partial charge in [0.2, 0.25) is 0 Å². The van der Waals surface area contributed by atoms with Crippen LogP contribution in [-0.4, -0.2) is 22.4 Å². The average molecular weight is 385 g/mol. The van der Waals surface area contributed by atoms with Gasteiger partial charge in [-0.2, -0.15) is 0 Å². The minimum absolute atomic E-state index is 0.0613. The Bertz CT molecular complexity index is 1060. The third-order valence-corrected chi connectivity index (χ3v) is 5.58. The standard InChI is InChI=1S/C21H24N2O3S/c1-12(2)19-22-20-18(21(25)23(19)10-9-13(3)24)17(14(4)27-20)15-7-6-8-16(11-15)26-5/h6-8,11-12H,9-10H2,1-5H3. The zero-order chi connectivity index (χ0) is 19.7. The van der Waals surface area contributed by atoms with Crippen LogP contribution in [0.3, 0.4) is 0 Å². The van der Waals surface area contributed by atoms with E-state index in [1.165, 1.54) is 11.3 Å². The summed E-state index contributed by atoms with van der Waals surface area (Å²) in [6.07, 6.45) is 0.324. The van der Waals surface area contributed by atoms with Crippen LogP contribution in [0, 0.1) is 6.92 Å². The Hall–Kier alpha value is -2.47. The van der Waals surface area contributed by atoms with Crippen molar-refractivity contribution in [2.24, 2.45) is 0 Å². The van der Waals surface area contributed by atoms with Crippen molar-refractivity contribution in [3.63, 3.8) is 0 Å². The van der Waals surface area contributed by atoms with E-state index in [1.54, 1.807) is 18.6 Å². The van der Waals surface area contributed by atoms with Gasteiger partial charge in [-0.05, 0) is 31.5 Å². The molecule has 2 heterocycles. The maximum absolute atomic E-state index is 13.4. The van der Waals surface area contributed by atoms with Gasteiger partial charge in [0.1, 0.15) is 22.2 Å². The van der Waals surface area contributed by atoms with E-state index in [-0.39, 0.29) is 17.3 Å². The highest BCUT2D eigenvalue weighted by molar-refractivity contribution is 7.19. The molecule has 0 fully saturated rings. The molecule has 0 saturated carbocycles. The minimum atomic E-state index is -0.0767. The first-order valence-electron chi connectivity index (χ1n) is 9.01. The van der Waals surface area contributed by atoms with E-state index < -0.39 is 0 Å². The van der Waals surface area contributed by atoms with Crippen molar-refractivity contribution in [2.45, 2.75) is 46.6 Å². The smallest absolute Gasteiger partial charge is 0.262 e. The molecule has 5 nitrogen and oxygen atoms in total. The predicted octanol–water partition coefficient (Wildman–Crippen LogP) is 4.54. The predicted molar refractivity (Wildman–Crippen MR) is 110 cm³/mol. The van der Waals surface area contributed by atoms with E-state index in [1.807, 2.05) is 45.0 Å². The number of rotatable bonds is 6. The van der Waals surface area contributed by atoms with E-state index in [0.29, 0.717) is 18.4 Å². The lowest BCUT2D eigenvalue weighted by Crippen LogP contribution is -2.26. The van der Waals surface area contributed by atoms with E-state index >= 15 is 0 Å². The number of methoxy groups -OCH3 is 1. The van der Waals surface area contributed by atoms with Crippen LogP contribution < -0.4 is 10.3 Å². The van der Waals surface area contributed by atoms with Gasteiger partial charge in [0, 0.05) is 29.3 Å². The maximum atomic E-state index is 13.4. The molecule has 0 N–H and O–H groups in total. The molecular weight excluding hydrogens is 360 g/mol. The summed E-state index contributed by atoms with van der Waals surface area (Å²) in [5.41, 5.74) is 1.76. The highest BCUT2D eigenvalue weighted by Gasteiger charge is 2.21. The fourth-order valence-corrected chi connectivity index (χ4v) is 4.31. The number of aryl methyl sites for hydroxylation is 1. The van der Waals surface area contributed by atoms with Crippen molar-refractivity contribution in [3.05, 3.63) is 45.3 Å². The van der Waals surface area contributed by atoms with Crippen LogP contribution in [-0.2, 0) is 11.3 Å². The second kappa shape index (κ2) is 7.64. The summed E-state index contributed by atoms with van der Waals surface area (Å²) in [5.74, 6) is 1.63. The van der Waals surface area contributed by atoms with Crippen LogP contribution in [0.5, 0.6) is 5.75 Å². The normalized spacial score (nSPS) is 11.3. The van der Waals surface area contributed by atoms with E-state index in [0.717, 1.165) is 32.4 Å². The number of Topliss-reactive ketones (excluding diaryl/α,β-unsaturated/α-hetero) is 1. The van der Waals surface area contributed by atoms with Crippen LogP contribution in [0.1, 0.15) is 43.8 Å². The summed E-state index contributed by atoms with van der Waals surface area (Å²) >= 11 is 1.53. The first-order chi connectivity index (χ1) is 12.8. The number of nitrogens with zero attached hydrogens (tertiary/aromatic N) is 2. The first-order valence-corrected chi connectivity index (χ1v) is 9.82. The number of benzene rings is 1. The minimum Gasteiger partial charge on any atom is -0.497 e. The molecule has 0 spiro atoms. The Balaban J connectivity index is 2.30. The molecule has 142 valence electrons. The van der Waals surface area contributed by atoms with Gasteiger partial charge < -0.3 is 4.74 Å². The summed E-state index contributed by atoms with van der Waals surface area (Å²) in [5, 5.41) is 0.624. The SMILES string of the molecule is COc1cccc(-c2c(C)sc3nc(C(C)C)n(CCC(C)=O)c(=O)c23)c1. The summed E-state index contributed by atoms with van der Waals surface area (Å²) in [4.78, 5) is 31.5. The maximum Gasteiger partial charge on any atom is 0.262 e. The number of hydrogen-bond acceptors (Lipinski definition) is 5. The van der Waals surface area contributed by atoms with Crippen molar-refractivity contribution < 1.29 is 9.53 Å². The van der Waals surface area contributed by atoms with Crippen LogP contribution in [0.2, 0.25) is 0 Å². The molecule has 2 aromatic heterocycles. The lowest BCUT2D eigenvalue weighted by Gasteiger charge is -2.15. The molecule has 6 heteroatoms. The van der Waals surface area contributed by atoms with Gasteiger partial charge in [0.25, 0.3) is 5.56 Å². The van der Waals surface area contributed by atoms with Crippen molar-refractivity contribution in [1.82, 2.24) is 9.55 Å². The molecule has 0 saturated heterocycles. The monoisotopic (exact) mass is 384 g/mol. The highest BCUT2D eigenvalue weighted by Crippen LogP contribution is 2.37. The van der Waals surface area contributed by atoms with E-state index in [2.05, 4.69) is 0 Å². The summed E-state index contributed by atoms with van der Waals surface area (Å²) in [6, 6.07) is 7.71. The number of carbonyl (C=O) groups excluding carboxylic acids is 1. The molecule has 1 aromatic carbocycles. The van der Waals surface area contributed by atoms with Gasteiger partial charge in [0.15, 0.2) is 0 Å². The van der Waals surface area contributed by atoms with Gasteiger partial charge in [-0.15, -0.1) is 11.3 Å². The van der Waals surface area contributed by atoms with Crippen LogP contribution in [0.4, 0.5) is 0 Å². The third kappa shape index (κ3) is 3.67. The third-order valence-electron chi connectivity index (χ3n) is 4.58. The molecule has 0 amide bonds. The van der Waals surface area contributed by atoms with Crippen molar-refractivity contribution in [2.75, 3.05) is 7.11 Å². The fraction of sp³-hybridized carbons (Fsp3) is 0.381. The summed E-state index contributed by atoms with van der Waals surface area (Å²) in [6.45, 7) is 7.94. The van der Waals surface area contributed by atoms with Crippen LogP contribution in [0.15, 0.2) is 29.1 Å². The lowest BCUT2D eigenvalue weighted by molar-refractivity contribution is -0.117. The van der Waals surface area contributed by atoms with Crippen molar-refractivity contribution in [1.29, 1.82) is 0 Å². The first kappa shape index (κ1) is 19.3. The molecule has 0 atom stereocenters. The highest BCUT2D eigenvalue weighted by atomic mass is 32.1. The van der Waals surface area contributed by atoms with E-state index in [4.69, 9.17) is 9.72 Å². The molecule has 0 radical (unpaired) electrons. The molecule has 3 rings (SSSR count). The Morgan fingerprint density at radius 3 is 2.70 bits per heavy atom. The van der Waals surface area contributed by atoms with Crippen LogP contribution in [0.25, 0.3) is 21.3 Å². The van der Waals surface area contributed by atoms with Gasteiger partial charge in [-0.3, -0.25) is 14.2 Å². The number of hydrogen-bond donors (Lipinski definition) is 0. The number of thiophene rings is 1. The van der Waals surface area contributed by atoms with Crippen LogP contribution >= 0.6 is 11.3 Å². The molecule has 0 aliphatic carbocycles. The molecule has 0 aliphatic heterocycles. The second-order valence-electron chi connectivity index (χ2n) is 6.98. The molecule has 0 bridgehead atoms. The molecule has 0 unspecified atom stereocenters. The second-order valence-corrected chi connectivity index (χ2v) is 8.18. The summed E-state index contributed by atoms with van der Waals surface area (Å²) in [7, 11) is 1.63. The molecule has 3 aromatic rings. The Morgan fingerprint density at radius 2 is 2.07 bits per heavy atom. The van der Waals surface area contributed by atoms with Crippen molar-refractivity contribution >= 4 is 27.3 Å². The quantitative estimate of drug-likeness (QED) is 0.626. The average Bonchev–Trinajstić information content (AvgIpc) is 2.96. The Morgan fingerprint density at radius 1 is 1.33 bits per heavy atom. The van der Waals surface area contributed by atoms with Gasteiger partial charge in [-0.25, -0.2) is 4.98 Å². The number of carbonyl (C=O) groups is 1. The van der Waals surface area contributed by atoms with E-state index in [9.17, 15) is 9.59 Å². The number of ketones is 1. The Kier molecular flexibility index (Phi) is 5.46. The fourth-order valence-electron chi connectivity index (χ4n) is 3.26. The van der Waals surface area contributed by atoms with Gasteiger partial charge in [-0.1, -0.05) is 26.0 Å². The number of aromatic nitrogens is 2. The van der Waals surface area contributed by atoms with Crippen molar-refractivity contribution in [3.8, 4) is 16.9 Å². The zero-order valence-corrected chi connectivity index (χ0v) is 17.1. The summed E-state index contributed by atoms with van der Waals surface area (Å²) < 4.78 is 7.01. The molecular formula is C21H24N2O3S. The number of fused-ring (bicyclic) bond motifs is 1. The Labute approximate surface area is 162 Å². The largest absolute Gasteiger partial charge is 0.497 e. The van der Waals surface area contributed by atoms with Gasteiger partial charge >= 0.3 is 0 Å². The van der Waals surface area contributed by atoms with Gasteiger partial charge in [0.05, 0.1) is 12.5 Å². The zero-order valence-electron chi connectivity index (χ0n) is 16.3. The lowest BCUT2D eigenvalue weighted by atomic mass is 10.0. The topological polar surface area (TPSA) is 61.2 Å². The molecule has 27 heavy (non-hydrogen) atoms. The molecule has 0 aliphatic rings.